The molecule has 0 amide bonds. The summed E-state index contributed by atoms with van der Waals surface area (Å²) in [4.78, 5) is 45.3. The monoisotopic (exact) mass is 1090 g/mol. The quantitative estimate of drug-likeness (QED) is 0.139. The number of fused-ring (bicyclic) bond motifs is 8. The Hall–Kier alpha value is -9.40. The first-order valence-corrected chi connectivity index (χ1v) is 27.1. The van der Waals surface area contributed by atoms with Crippen LogP contribution >= 0.6 is 0 Å². The fourth-order valence-electron chi connectivity index (χ4n) is 11.4. The van der Waals surface area contributed by atoms with Gasteiger partial charge >= 0.3 is 17.1 Å². The fraction of sp³-hybridized carbons (Fsp3) is 0.111. The molecule has 0 saturated carbocycles. The van der Waals surface area contributed by atoms with Gasteiger partial charge in [0.2, 0.25) is 0 Å². The number of rotatable bonds is 8. The van der Waals surface area contributed by atoms with Crippen LogP contribution in [0, 0.1) is 55.4 Å². The molecule has 8 nitrogen and oxygen atoms in total. The second-order valence-electron chi connectivity index (χ2n) is 21.4. The Morgan fingerprint density at radius 3 is 0.580 bits per heavy atom. The Balaban J connectivity index is 0.00000651. The van der Waals surface area contributed by atoms with Gasteiger partial charge in [0.05, 0.1) is 23.3 Å². The van der Waals surface area contributed by atoms with Crippen LogP contribution in [0.1, 0.15) is 90.1 Å². The van der Waals surface area contributed by atoms with Gasteiger partial charge in [-0.05, 0) is 99.9 Å². The van der Waals surface area contributed by atoms with Crippen molar-refractivity contribution in [3.05, 3.63) is 284 Å². The van der Waals surface area contributed by atoms with Gasteiger partial charge < -0.3 is 29.9 Å². The molecule has 2 aliphatic rings. The molecule has 0 saturated heterocycles. The summed E-state index contributed by atoms with van der Waals surface area (Å²) in [5.74, 6) is 1.87. The molecule has 0 N–H and O–H groups in total. The van der Waals surface area contributed by atoms with Gasteiger partial charge in [-0.15, -0.1) is 0 Å². The van der Waals surface area contributed by atoms with E-state index in [0.29, 0.717) is 45.9 Å². The van der Waals surface area contributed by atoms with Gasteiger partial charge in [-0.3, -0.25) is 0 Å². The third-order valence-corrected chi connectivity index (χ3v) is 14.9. The van der Waals surface area contributed by atoms with E-state index in [2.05, 4.69) is 250 Å². The van der Waals surface area contributed by atoms with Crippen LogP contribution in [0.15, 0.2) is 194 Å². The zero-order valence-corrected chi connectivity index (χ0v) is 47.5. The molecule has 8 bridgehead atoms. The molecule has 13 rings (SSSR count). The summed E-state index contributed by atoms with van der Waals surface area (Å²) in [6.45, 7) is 16.9. The Kier molecular flexibility index (Phi) is 13.8. The summed E-state index contributed by atoms with van der Waals surface area (Å²) in [6.07, 6.45) is 0. The van der Waals surface area contributed by atoms with E-state index in [1.807, 2.05) is 0 Å². The van der Waals surface area contributed by atoms with Gasteiger partial charge in [-0.25, -0.2) is 9.97 Å². The van der Waals surface area contributed by atoms with Crippen LogP contribution in [0.4, 0.5) is 0 Å². The summed E-state index contributed by atoms with van der Waals surface area (Å²) >= 11 is 0. The average Bonchev–Trinajstić information content (AvgIpc) is 4.23. The minimum atomic E-state index is 0. The largest absolute Gasteiger partial charge is 2.00 e. The van der Waals surface area contributed by atoms with E-state index >= 15 is 0 Å². The zero-order chi connectivity index (χ0) is 54.8. The Labute approximate surface area is 483 Å². The summed E-state index contributed by atoms with van der Waals surface area (Å²) in [7, 11) is 0. The maximum Gasteiger partial charge on any atom is 2.00 e. The number of benzene rings is 8. The second kappa shape index (κ2) is 21.3. The SMILES string of the molecule is Cc1cccc(C2=C(c3cccc(C)c3)c3nc2nc2[n-]c(nc4nc(nc5[n-]c(n3)c(-c3cccc(C)c3)c5-c3cccc(C)c3)C(c3cccc(C)c3)=C4c3cccc(C)c3)c(-c3cccc(C)c3)c2-c2cccc(C)c2)c1.[Fe+2]. The zero-order valence-electron chi connectivity index (χ0n) is 46.4. The van der Waals surface area contributed by atoms with Crippen molar-refractivity contribution >= 4 is 44.9 Å². The topological polar surface area (TPSA) is 106 Å². The molecule has 0 fully saturated rings. The predicted molar refractivity (Wildman–Crippen MR) is 326 cm³/mol. The predicted octanol–water partition coefficient (Wildman–Crippen LogP) is 16.3. The van der Waals surface area contributed by atoms with E-state index < -0.39 is 0 Å². The van der Waals surface area contributed by atoms with Crippen LogP contribution in [-0.4, -0.2) is 29.9 Å². The first-order valence-electron chi connectivity index (χ1n) is 27.1. The van der Waals surface area contributed by atoms with E-state index in [0.717, 1.165) is 134 Å². The molecule has 8 aromatic carbocycles. The molecule has 9 heteroatoms. The Morgan fingerprint density at radius 1 is 0.222 bits per heavy atom. The van der Waals surface area contributed by atoms with Crippen molar-refractivity contribution in [2.24, 2.45) is 0 Å². The molecule has 0 spiro atoms. The minimum absolute atomic E-state index is 0. The van der Waals surface area contributed by atoms with E-state index in [4.69, 9.17) is 39.9 Å². The summed E-state index contributed by atoms with van der Waals surface area (Å²) < 4.78 is 0. The van der Waals surface area contributed by atoms with E-state index in [9.17, 15) is 0 Å². The third-order valence-electron chi connectivity index (χ3n) is 14.9. The van der Waals surface area contributed by atoms with Gasteiger partial charge in [-0.1, -0.05) is 239 Å². The van der Waals surface area contributed by atoms with Gasteiger partial charge in [-0.2, -0.15) is 0 Å². The van der Waals surface area contributed by atoms with Gasteiger partial charge in [0.1, 0.15) is 0 Å². The molecule has 81 heavy (non-hydrogen) atoms. The van der Waals surface area contributed by atoms with E-state index in [1.165, 1.54) is 0 Å². The first kappa shape index (κ1) is 52.3. The van der Waals surface area contributed by atoms with Crippen LogP contribution in [0.3, 0.4) is 0 Å². The molecular weight excluding hydrogens is 1030 g/mol. The molecular formula is C72H56FeN8. The number of aryl methyl sites for hydroxylation is 8. The summed E-state index contributed by atoms with van der Waals surface area (Å²) in [6, 6.07) is 68.3. The van der Waals surface area contributed by atoms with Crippen molar-refractivity contribution in [2.45, 2.75) is 55.4 Å². The second-order valence-corrected chi connectivity index (χ2v) is 21.4. The Bertz CT molecular complexity index is 4020. The average molecular weight is 1090 g/mol. The van der Waals surface area contributed by atoms with Gasteiger partial charge in [0.15, 0.2) is 0 Å². The molecule has 5 heterocycles. The number of nitrogens with zero attached hydrogens (tertiary/aromatic N) is 8. The first-order chi connectivity index (χ1) is 38.9. The maximum atomic E-state index is 5.73. The molecule has 0 aliphatic carbocycles. The Morgan fingerprint density at radius 2 is 0.395 bits per heavy atom. The summed E-state index contributed by atoms with van der Waals surface area (Å²) in [5.41, 5.74) is 24.9. The maximum absolute atomic E-state index is 5.73. The molecule has 392 valence electrons. The molecule has 3 aromatic heterocycles. The summed E-state index contributed by atoms with van der Waals surface area (Å²) in [5, 5.41) is 0. The molecule has 0 atom stereocenters. The van der Waals surface area contributed by atoms with E-state index in [1.54, 1.807) is 0 Å². The van der Waals surface area contributed by atoms with Crippen LogP contribution < -0.4 is 9.97 Å². The molecule has 0 unspecified atom stereocenters. The van der Waals surface area contributed by atoms with Crippen LogP contribution in [-0.2, 0) is 17.1 Å². The van der Waals surface area contributed by atoms with Crippen LogP contribution in [0.2, 0.25) is 0 Å². The third kappa shape index (κ3) is 9.96. The van der Waals surface area contributed by atoms with Crippen molar-refractivity contribution in [1.82, 2.24) is 39.9 Å². The van der Waals surface area contributed by atoms with Crippen LogP contribution in [0.5, 0.6) is 0 Å². The minimum Gasteiger partial charge on any atom is -0.357 e. The molecule has 11 aromatic rings. The van der Waals surface area contributed by atoms with Crippen molar-refractivity contribution in [3.63, 3.8) is 0 Å². The van der Waals surface area contributed by atoms with Gasteiger partial charge in [0.25, 0.3) is 0 Å². The number of hydrogen-bond donors (Lipinski definition) is 0. The normalized spacial score (nSPS) is 12.2. The molecule has 2 aliphatic heterocycles. The van der Waals surface area contributed by atoms with Gasteiger partial charge in [0, 0.05) is 67.1 Å². The van der Waals surface area contributed by atoms with Crippen molar-refractivity contribution in [3.8, 4) is 44.5 Å². The van der Waals surface area contributed by atoms with Crippen molar-refractivity contribution < 1.29 is 17.1 Å². The fourth-order valence-corrected chi connectivity index (χ4v) is 11.4. The smallest absolute Gasteiger partial charge is 0.357 e. The van der Waals surface area contributed by atoms with Crippen molar-refractivity contribution in [2.75, 3.05) is 0 Å². The number of hydrogen-bond acceptors (Lipinski definition) is 6. The van der Waals surface area contributed by atoms with E-state index in [-0.39, 0.29) is 17.1 Å². The van der Waals surface area contributed by atoms with Crippen LogP contribution in [0.25, 0.3) is 89.4 Å². The standard InChI is InChI=1S/C72H56N8.Fe/c1-41-17-9-25-49(33-41)57-58(50-26-10-18-42(2)34-50)66-73-65(57)77-67-59(51-27-11-19-43(3)35-51)60(52-28-12-20-44(4)36-52)69(74-67)79-71-63(55-31-15-23-47(7)39-55)64(56-32-16-24-48(8)40-56)72(76-71)80-70-62(54-30-14-22-46(6)38-54)61(68(75-70)78-66)53-29-13-21-45(5)37-53;/h9-40H,1-8H3;/q-2;+2. The van der Waals surface area contributed by atoms with Crippen molar-refractivity contribution in [1.29, 1.82) is 0 Å². The number of aromatic nitrogens is 8. The molecule has 0 radical (unpaired) electrons.